The first kappa shape index (κ1) is 27.5. The van der Waals surface area contributed by atoms with Gasteiger partial charge in [-0.2, -0.15) is 0 Å². The summed E-state index contributed by atoms with van der Waals surface area (Å²) in [6, 6.07) is 12.4. The largest absolute Gasteiger partial charge is 0.872 e. The van der Waals surface area contributed by atoms with Crippen molar-refractivity contribution >= 4 is 17.4 Å². The number of benzene rings is 2. The number of nitrogens with one attached hydrogen (secondary N) is 1. The lowest BCUT2D eigenvalue weighted by Crippen LogP contribution is -3.12. The van der Waals surface area contributed by atoms with Crippen LogP contribution in [0.4, 0.5) is 0 Å². The van der Waals surface area contributed by atoms with Gasteiger partial charge in [0.15, 0.2) is 0 Å². The van der Waals surface area contributed by atoms with Gasteiger partial charge in [0.2, 0.25) is 5.78 Å². The number of hydrogen-bond acceptors (Lipinski definition) is 4. The summed E-state index contributed by atoms with van der Waals surface area (Å²) in [5.41, 5.74) is 3.23. The molecule has 1 aliphatic heterocycles. The molecule has 6 heteroatoms. The Hall–Kier alpha value is -3.12. The Balaban J connectivity index is 2.04. The Morgan fingerprint density at radius 1 is 1.03 bits per heavy atom. The number of quaternary nitrogens is 1. The van der Waals surface area contributed by atoms with Crippen molar-refractivity contribution in [1.82, 2.24) is 4.90 Å². The van der Waals surface area contributed by atoms with Crippen molar-refractivity contribution in [2.24, 2.45) is 0 Å². The van der Waals surface area contributed by atoms with Crippen LogP contribution in [0.25, 0.3) is 5.76 Å². The van der Waals surface area contributed by atoms with Gasteiger partial charge in [0.05, 0.1) is 38.8 Å². The fourth-order valence-corrected chi connectivity index (χ4v) is 4.70. The maximum absolute atomic E-state index is 13.7. The summed E-state index contributed by atoms with van der Waals surface area (Å²) < 4.78 is 5.83. The van der Waals surface area contributed by atoms with Gasteiger partial charge in [-0.3, -0.25) is 9.59 Å². The zero-order valence-electron chi connectivity index (χ0n) is 22.4. The second-order valence-electron chi connectivity index (χ2n) is 9.46. The molecule has 0 radical (unpaired) electrons. The molecule has 0 bridgehead atoms. The van der Waals surface area contributed by atoms with Crippen LogP contribution in [0.1, 0.15) is 68.8 Å². The first-order valence-corrected chi connectivity index (χ1v) is 13.3. The number of aryl methyl sites for hydroxylation is 2. The van der Waals surface area contributed by atoms with Gasteiger partial charge >= 0.3 is 0 Å². The molecule has 0 spiro atoms. The number of likely N-dealkylation sites (tertiary alicyclic amines) is 1. The van der Waals surface area contributed by atoms with E-state index in [1.165, 1.54) is 4.90 Å². The van der Waals surface area contributed by atoms with Crippen molar-refractivity contribution < 1.29 is 24.3 Å². The van der Waals surface area contributed by atoms with Crippen molar-refractivity contribution in [2.45, 2.75) is 59.9 Å². The molecule has 36 heavy (non-hydrogen) atoms. The van der Waals surface area contributed by atoms with E-state index in [9.17, 15) is 14.7 Å². The van der Waals surface area contributed by atoms with E-state index in [-0.39, 0.29) is 11.3 Å². The van der Waals surface area contributed by atoms with Gasteiger partial charge < -0.3 is 19.6 Å². The summed E-state index contributed by atoms with van der Waals surface area (Å²) >= 11 is 0. The van der Waals surface area contributed by atoms with Gasteiger partial charge in [0.25, 0.3) is 5.91 Å². The van der Waals surface area contributed by atoms with Gasteiger partial charge in [0, 0.05) is 5.57 Å². The van der Waals surface area contributed by atoms with Crippen LogP contribution in [0.2, 0.25) is 0 Å². The lowest BCUT2D eigenvalue weighted by Gasteiger charge is -2.28. The number of ether oxygens (including phenoxy) is 1. The van der Waals surface area contributed by atoms with Gasteiger partial charge in [0.1, 0.15) is 5.75 Å². The predicted octanol–water partition coefficient (Wildman–Crippen LogP) is 2.89. The molecule has 0 aromatic heterocycles. The first-order valence-electron chi connectivity index (χ1n) is 13.3. The monoisotopic (exact) mass is 492 g/mol. The normalized spacial score (nSPS) is 17.3. The van der Waals surface area contributed by atoms with Crippen LogP contribution in [-0.2, 0) is 16.0 Å². The molecule has 1 fully saturated rings. The molecule has 2 aromatic rings. The van der Waals surface area contributed by atoms with E-state index in [2.05, 4.69) is 27.7 Å². The molecule has 1 amide bonds. The van der Waals surface area contributed by atoms with Crippen LogP contribution in [0.3, 0.4) is 0 Å². The minimum Gasteiger partial charge on any atom is -0.872 e. The molecule has 1 unspecified atom stereocenters. The fourth-order valence-electron chi connectivity index (χ4n) is 4.70. The number of unbranched alkanes of at least 4 members (excludes halogenated alkanes) is 1. The minimum absolute atomic E-state index is 0.0397. The second kappa shape index (κ2) is 12.7. The highest BCUT2D eigenvalue weighted by Gasteiger charge is 2.44. The molecule has 6 nitrogen and oxygen atoms in total. The van der Waals surface area contributed by atoms with E-state index in [1.54, 1.807) is 23.1 Å². The highest BCUT2D eigenvalue weighted by molar-refractivity contribution is 6.46. The summed E-state index contributed by atoms with van der Waals surface area (Å²) in [5.74, 6) is -0.945. The molecule has 0 aliphatic carbocycles. The maximum atomic E-state index is 13.7. The molecule has 3 rings (SSSR count). The number of nitrogens with zero attached hydrogens (tertiary/aromatic N) is 1. The number of amides is 1. The Labute approximate surface area is 215 Å². The fraction of sp³-hybridized carbons (Fsp3) is 0.467. The van der Waals surface area contributed by atoms with Gasteiger partial charge in [-0.05, 0) is 68.0 Å². The average Bonchev–Trinajstić information content (AvgIpc) is 3.15. The zero-order valence-corrected chi connectivity index (χ0v) is 22.4. The maximum Gasteiger partial charge on any atom is 0.295 e. The molecule has 194 valence electrons. The van der Waals surface area contributed by atoms with Crippen LogP contribution in [-0.4, -0.2) is 49.4 Å². The molecule has 1 N–H and O–H groups in total. The first-order chi connectivity index (χ1) is 17.4. The van der Waals surface area contributed by atoms with Gasteiger partial charge in [-0.25, -0.2) is 0 Å². The summed E-state index contributed by atoms with van der Waals surface area (Å²) in [7, 11) is 0. The topological polar surface area (TPSA) is 74.1 Å². The van der Waals surface area contributed by atoms with Crippen molar-refractivity contribution in [3.05, 3.63) is 70.3 Å². The predicted molar refractivity (Wildman–Crippen MR) is 141 cm³/mol. The number of ketones is 1. The third-order valence-corrected chi connectivity index (χ3v) is 7.13. The van der Waals surface area contributed by atoms with Gasteiger partial charge in [-0.15, -0.1) is 0 Å². The lowest BCUT2D eigenvalue weighted by molar-refractivity contribution is -0.895. The second-order valence-corrected chi connectivity index (χ2v) is 9.46. The smallest absolute Gasteiger partial charge is 0.295 e. The quantitative estimate of drug-likeness (QED) is 0.214. The number of Topliss-reactive ketones (excluding diaryl/α,β-unsaturated/α-hetero) is 1. The molecule has 2 aromatic carbocycles. The lowest BCUT2D eigenvalue weighted by atomic mass is 9.94. The number of rotatable bonds is 12. The molecule has 1 atom stereocenters. The summed E-state index contributed by atoms with van der Waals surface area (Å²) in [6.45, 7) is 13.9. The third kappa shape index (κ3) is 5.98. The summed E-state index contributed by atoms with van der Waals surface area (Å²) in [5, 5.41) is 13.7. The Morgan fingerprint density at radius 2 is 1.72 bits per heavy atom. The van der Waals surface area contributed by atoms with E-state index in [1.807, 2.05) is 31.2 Å². The standard InChI is InChI=1S/C30H40N2O4/c1-6-10-19-36-25-16-15-24(20-21(25)5)28(33)26-27(23-13-11-22(7-2)12-14-23)32(30(35)29(26)34)18-17-31(8-3)9-4/h11-16,20,27,33H,6-10,17-19H2,1-5H3. The highest BCUT2D eigenvalue weighted by atomic mass is 16.5. The van der Waals surface area contributed by atoms with Crippen LogP contribution in [0, 0.1) is 6.92 Å². The van der Waals surface area contributed by atoms with Crippen molar-refractivity contribution in [3.63, 3.8) is 0 Å². The van der Waals surface area contributed by atoms with E-state index in [0.29, 0.717) is 18.7 Å². The summed E-state index contributed by atoms with van der Waals surface area (Å²) in [4.78, 5) is 29.4. The van der Waals surface area contributed by atoms with Crippen molar-refractivity contribution in [1.29, 1.82) is 0 Å². The van der Waals surface area contributed by atoms with Crippen LogP contribution in [0.5, 0.6) is 5.75 Å². The van der Waals surface area contributed by atoms with E-state index < -0.39 is 17.7 Å². The number of likely N-dealkylation sites (N-methyl/N-ethyl adjacent to an activating group) is 1. The van der Waals surface area contributed by atoms with Crippen molar-refractivity contribution in [2.75, 3.05) is 32.8 Å². The number of carbonyl (C=O) groups is 2. The van der Waals surface area contributed by atoms with E-state index in [4.69, 9.17) is 4.74 Å². The zero-order chi connectivity index (χ0) is 26.2. The average molecular weight is 493 g/mol. The molecule has 1 heterocycles. The molecule has 1 aliphatic rings. The van der Waals surface area contributed by atoms with E-state index in [0.717, 1.165) is 61.3 Å². The molecule has 0 saturated carbocycles. The number of carbonyl (C=O) groups excluding carboxylic acids is 2. The number of hydrogen-bond donors (Lipinski definition) is 1. The molecule has 1 saturated heterocycles. The van der Waals surface area contributed by atoms with E-state index >= 15 is 0 Å². The third-order valence-electron chi connectivity index (χ3n) is 7.13. The van der Waals surface area contributed by atoms with Crippen molar-refractivity contribution in [3.8, 4) is 5.75 Å². The summed E-state index contributed by atoms with van der Waals surface area (Å²) in [6.07, 6.45) is 2.88. The Kier molecular flexibility index (Phi) is 9.71. The Morgan fingerprint density at radius 3 is 2.31 bits per heavy atom. The Bertz CT molecular complexity index is 1090. The van der Waals surface area contributed by atoms with Gasteiger partial charge in [-0.1, -0.05) is 56.4 Å². The van der Waals surface area contributed by atoms with Crippen LogP contribution in [0.15, 0.2) is 48.0 Å². The molecular formula is C30H40N2O4. The van der Waals surface area contributed by atoms with Crippen LogP contribution < -0.4 is 14.7 Å². The van der Waals surface area contributed by atoms with Crippen LogP contribution >= 0.6 is 0 Å². The molecular weight excluding hydrogens is 452 g/mol. The minimum atomic E-state index is -0.694. The SMILES string of the molecule is CCCCOc1ccc(C([O-])=C2C(=O)C(=O)N(CC[NH+](CC)CC)C2c2ccc(CC)cc2)cc1C. The highest BCUT2D eigenvalue weighted by Crippen LogP contribution is 2.39.